The van der Waals surface area contributed by atoms with Crippen LogP contribution in [0.15, 0.2) is 49.1 Å². The van der Waals surface area contributed by atoms with Crippen molar-refractivity contribution in [3.8, 4) is 0 Å². The van der Waals surface area contributed by atoms with Crippen LogP contribution in [0.3, 0.4) is 0 Å². The van der Waals surface area contributed by atoms with Gasteiger partial charge >= 0.3 is 0 Å². The van der Waals surface area contributed by atoms with Gasteiger partial charge in [0.05, 0.1) is 0 Å². The summed E-state index contributed by atoms with van der Waals surface area (Å²) < 4.78 is 4.33. The molecule has 4 heteroatoms. The van der Waals surface area contributed by atoms with Crippen molar-refractivity contribution in [1.82, 2.24) is 19.1 Å². The average Bonchev–Trinajstić information content (AvgIpc) is 3.02. The van der Waals surface area contributed by atoms with E-state index in [4.69, 9.17) is 0 Å². The SMILES string of the molecule is Cc1nccn1Cc1ccccc1Cn1ccnc1C. The molecule has 1 aromatic carbocycles. The molecule has 0 N–H and O–H groups in total. The second kappa shape index (κ2) is 5.33. The fourth-order valence-corrected chi connectivity index (χ4v) is 2.37. The summed E-state index contributed by atoms with van der Waals surface area (Å²) in [7, 11) is 0. The van der Waals surface area contributed by atoms with Crippen LogP contribution in [0.5, 0.6) is 0 Å². The lowest BCUT2D eigenvalue weighted by molar-refractivity contribution is 0.720. The summed E-state index contributed by atoms with van der Waals surface area (Å²) in [4.78, 5) is 8.56. The highest BCUT2D eigenvalue weighted by Crippen LogP contribution is 2.14. The Bertz CT molecular complexity index is 647. The molecule has 0 aliphatic heterocycles. The Morgan fingerprint density at radius 3 is 1.60 bits per heavy atom. The molecule has 20 heavy (non-hydrogen) atoms. The Balaban J connectivity index is 1.89. The van der Waals surface area contributed by atoms with E-state index >= 15 is 0 Å². The molecule has 2 aromatic heterocycles. The predicted molar refractivity (Wildman–Crippen MR) is 78.6 cm³/mol. The topological polar surface area (TPSA) is 35.6 Å². The van der Waals surface area contributed by atoms with E-state index in [0.717, 1.165) is 24.7 Å². The molecule has 0 saturated carbocycles. The van der Waals surface area contributed by atoms with Gasteiger partial charge in [0.1, 0.15) is 11.6 Å². The highest BCUT2D eigenvalue weighted by Gasteiger charge is 2.06. The summed E-state index contributed by atoms with van der Waals surface area (Å²) in [5.41, 5.74) is 2.64. The second-order valence-electron chi connectivity index (χ2n) is 4.97. The quantitative estimate of drug-likeness (QED) is 0.728. The fourth-order valence-electron chi connectivity index (χ4n) is 2.37. The van der Waals surface area contributed by atoms with Crippen LogP contribution in [0.1, 0.15) is 22.8 Å². The third-order valence-electron chi connectivity index (χ3n) is 3.65. The molecule has 0 spiro atoms. The van der Waals surface area contributed by atoms with Crippen LogP contribution in [-0.4, -0.2) is 19.1 Å². The zero-order valence-electron chi connectivity index (χ0n) is 11.8. The lowest BCUT2D eigenvalue weighted by Crippen LogP contribution is -2.07. The summed E-state index contributed by atoms with van der Waals surface area (Å²) in [6, 6.07) is 8.54. The Kier molecular flexibility index (Phi) is 3.37. The molecule has 0 amide bonds. The van der Waals surface area contributed by atoms with Crippen molar-refractivity contribution in [2.45, 2.75) is 26.9 Å². The molecular formula is C16H18N4. The first-order valence-electron chi connectivity index (χ1n) is 6.76. The Hall–Kier alpha value is -2.36. The van der Waals surface area contributed by atoms with Gasteiger partial charge in [-0.2, -0.15) is 0 Å². The molecule has 0 aliphatic rings. The fraction of sp³-hybridized carbons (Fsp3) is 0.250. The van der Waals surface area contributed by atoms with E-state index < -0.39 is 0 Å². The zero-order chi connectivity index (χ0) is 13.9. The largest absolute Gasteiger partial charge is 0.331 e. The van der Waals surface area contributed by atoms with Gasteiger partial charge in [-0.05, 0) is 25.0 Å². The highest BCUT2D eigenvalue weighted by atomic mass is 15.1. The average molecular weight is 266 g/mol. The van der Waals surface area contributed by atoms with Crippen LogP contribution in [0.4, 0.5) is 0 Å². The van der Waals surface area contributed by atoms with Gasteiger partial charge < -0.3 is 9.13 Å². The van der Waals surface area contributed by atoms with Crippen molar-refractivity contribution in [2.75, 3.05) is 0 Å². The van der Waals surface area contributed by atoms with Gasteiger partial charge in [-0.25, -0.2) is 9.97 Å². The van der Waals surface area contributed by atoms with Crippen LogP contribution >= 0.6 is 0 Å². The van der Waals surface area contributed by atoms with E-state index in [1.54, 1.807) is 0 Å². The number of nitrogens with zero attached hydrogens (tertiary/aromatic N) is 4. The van der Waals surface area contributed by atoms with E-state index in [9.17, 15) is 0 Å². The molecule has 2 heterocycles. The molecule has 0 saturated heterocycles. The minimum absolute atomic E-state index is 0.857. The molecular weight excluding hydrogens is 248 g/mol. The summed E-state index contributed by atoms with van der Waals surface area (Å²) >= 11 is 0. The van der Waals surface area contributed by atoms with E-state index in [1.165, 1.54) is 11.1 Å². The van der Waals surface area contributed by atoms with Gasteiger partial charge in [0.15, 0.2) is 0 Å². The van der Waals surface area contributed by atoms with E-state index in [2.05, 4.69) is 43.4 Å². The van der Waals surface area contributed by atoms with E-state index in [1.807, 2.05) is 38.6 Å². The van der Waals surface area contributed by atoms with Crippen molar-refractivity contribution in [3.05, 3.63) is 71.8 Å². The predicted octanol–water partition coefficient (Wildman–Crippen LogP) is 2.79. The standard InChI is InChI=1S/C16H18N4/c1-13-17-7-9-19(13)11-15-5-3-4-6-16(15)12-20-10-8-18-14(20)2/h3-10H,11-12H2,1-2H3. The first-order valence-corrected chi connectivity index (χ1v) is 6.76. The van der Waals surface area contributed by atoms with Crippen molar-refractivity contribution in [2.24, 2.45) is 0 Å². The van der Waals surface area contributed by atoms with Gasteiger partial charge in [0.2, 0.25) is 0 Å². The number of hydrogen-bond acceptors (Lipinski definition) is 2. The summed E-state index contributed by atoms with van der Waals surface area (Å²) in [5.74, 6) is 2.08. The van der Waals surface area contributed by atoms with E-state index in [0.29, 0.717) is 0 Å². The summed E-state index contributed by atoms with van der Waals surface area (Å²) in [5, 5.41) is 0. The highest BCUT2D eigenvalue weighted by molar-refractivity contribution is 5.28. The number of aromatic nitrogens is 4. The summed E-state index contributed by atoms with van der Waals surface area (Å²) in [6.45, 7) is 5.77. The maximum Gasteiger partial charge on any atom is 0.105 e. The number of imidazole rings is 2. The third-order valence-corrected chi connectivity index (χ3v) is 3.65. The lowest BCUT2D eigenvalue weighted by Gasteiger charge is -2.12. The van der Waals surface area contributed by atoms with Crippen LogP contribution in [0, 0.1) is 13.8 Å². The van der Waals surface area contributed by atoms with Crippen molar-refractivity contribution in [3.63, 3.8) is 0 Å². The van der Waals surface area contributed by atoms with Crippen LogP contribution in [-0.2, 0) is 13.1 Å². The zero-order valence-corrected chi connectivity index (χ0v) is 11.8. The molecule has 0 bridgehead atoms. The first kappa shape index (κ1) is 12.7. The van der Waals surface area contributed by atoms with Gasteiger partial charge in [0.25, 0.3) is 0 Å². The first-order chi connectivity index (χ1) is 9.74. The number of rotatable bonds is 4. The number of hydrogen-bond donors (Lipinski definition) is 0. The lowest BCUT2D eigenvalue weighted by atomic mass is 10.1. The van der Waals surface area contributed by atoms with Gasteiger partial charge in [-0.3, -0.25) is 0 Å². The molecule has 4 nitrogen and oxygen atoms in total. The normalized spacial score (nSPS) is 10.9. The number of aryl methyl sites for hydroxylation is 2. The summed E-state index contributed by atoms with van der Waals surface area (Å²) in [6.07, 6.45) is 7.74. The molecule has 0 aliphatic carbocycles. The van der Waals surface area contributed by atoms with Crippen molar-refractivity contribution < 1.29 is 0 Å². The van der Waals surface area contributed by atoms with E-state index in [-0.39, 0.29) is 0 Å². The molecule has 0 radical (unpaired) electrons. The van der Waals surface area contributed by atoms with Crippen LogP contribution < -0.4 is 0 Å². The minimum Gasteiger partial charge on any atom is -0.331 e. The smallest absolute Gasteiger partial charge is 0.105 e. The van der Waals surface area contributed by atoms with Gasteiger partial charge in [0, 0.05) is 37.9 Å². The third kappa shape index (κ3) is 2.50. The molecule has 0 fully saturated rings. The van der Waals surface area contributed by atoms with Crippen LogP contribution in [0.25, 0.3) is 0 Å². The molecule has 3 aromatic rings. The maximum atomic E-state index is 4.28. The second-order valence-corrected chi connectivity index (χ2v) is 4.97. The molecule has 3 rings (SSSR count). The maximum absolute atomic E-state index is 4.28. The molecule has 0 unspecified atom stereocenters. The van der Waals surface area contributed by atoms with Crippen molar-refractivity contribution >= 4 is 0 Å². The minimum atomic E-state index is 0.857. The molecule has 0 atom stereocenters. The van der Waals surface area contributed by atoms with Crippen LogP contribution in [0.2, 0.25) is 0 Å². The Morgan fingerprint density at radius 1 is 0.800 bits per heavy atom. The molecule has 102 valence electrons. The Labute approximate surface area is 118 Å². The number of benzene rings is 1. The Morgan fingerprint density at radius 2 is 1.25 bits per heavy atom. The van der Waals surface area contributed by atoms with Crippen molar-refractivity contribution in [1.29, 1.82) is 0 Å². The van der Waals surface area contributed by atoms with Gasteiger partial charge in [-0.1, -0.05) is 24.3 Å². The monoisotopic (exact) mass is 266 g/mol. The van der Waals surface area contributed by atoms with Gasteiger partial charge in [-0.15, -0.1) is 0 Å².